The van der Waals surface area contributed by atoms with Crippen molar-refractivity contribution in [3.8, 4) is 11.4 Å². The number of carbonyl (C=O) groups is 1. The predicted octanol–water partition coefficient (Wildman–Crippen LogP) is 3.63. The van der Waals surface area contributed by atoms with Gasteiger partial charge < -0.3 is 5.32 Å². The van der Waals surface area contributed by atoms with E-state index in [-0.39, 0.29) is 16.7 Å². The Labute approximate surface area is 142 Å². The normalized spacial score (nSPS) is 13.0. The van der Waals surface area contributed by atoms with Gasteiger partial charge in [-0.25, -0.2) is 4.98 Å². The van der Waals surface area contributed by atoms with Gasteiger partial charge in [0.2, 0.25) is 11.1 Å². The molecule has 118 valence electrons. The Morgan fingerprint density at radius 1 is 1.36 bits per heavy atom. The summed E-state index contributed by atoms with van der Waals surface area (Å²) in [7, 11) is 0. The van der Waals surface area contributed by atoms with Crippen molar-refractivity contribution in [2.24, 2.45) is 0 Å². The first kappa shape index (κ1) is 17.0. The first-order valence-electron chi connectivity index (χ1n) is 6.92. The molecule has 2 N–H and O–H groups in total. The fourth-order valence-corrected chi connectivity index (χ4v) is 2.95. The molecule has 1 amide bonds. The van der Waals surface area contributed by atoms with E-state index in [4.69, 9.17) is 0 Å². The molecule has 0 aliphatic heterocycles. The van der Waals surface area contributed by atoms with Crippen LogP contribution in [0.5, 0.6) is 0 Å². The molecule has 5 nitrogen and oxygen atoms in total. The maximum atomic E-state index is 12.1. The molecule has 0 aliphatic carbocycles. The van der Waals surface area contributed by atoms with E-state index in [0.717, 1.165) is 10.0 Å². The van der Waals surface area contributed by atoms with Crippen molar-refractivity contribution in [3.05, 3.63) is 28.7 Å². The molecular weight excluding hydrogens is 364 g/mol. The summed E-state index contributed by atoms with van der Waals surface area (Å²) >= 11 is 4.82. The molecule has 0 radical (unpaired) electrons. The molecule has 1 atom stereocenters. The Balaban J connectivity index is 2.06. The van der Waals surface area contributed by atoms with Crippen LogP contribution in [-0.2, 0) is 4.79 Å². The number of benzene rings is 1. The number of aromatic amines is 1. The molecule has 0 spiro atoms. The molecule has 0 unspecified atom stereocenters. The highest BCUT2D eigenvalue weighted by molar-refractivity contribution is 9.10. The maximum absolute atomic E-state index is 12.1. The lowest BCUT2D eigenvalue weighted by Gasteiger charge is -2.22. The number of H-pyrrole nitrogens is 1. The average Bonchev–Trinajstić information content (AvgIpc) is 2.85. The van der Waals surface area contributed by atoms with E-state index in [1.54, 1.807) is 0 Å². The second kappa shape index (κ2) is 6.83. The van der Waals surface area contributed by atoms with Gasteiger partial charge in [-0.3, -0.25) is 9.89 Å². The van der Waals surface area contributed by atoms with Crippen LogP contribution in [0.15, 0.2) is 33.9 Å². The number of nitrogens with one attached hydrogen (secondary N) is 2. The summed E-state index contributed by atoms with van der Waals surface area (Å²) in [5.41, 5.74) is 0.693. The molecule has 7 heteroatoms. The van der Waals surface area contributed by atoms with Gasteiger partial charge in [0.15, 0.2) is 5.82 Å². The van der Waals surface area contributed by atoms with Crippen molar-refractivity contribution in [2.45, 2.75) is 43.6 Å². The first-order chi connectivity index (χ1) is 10.3. The standard InChI is InChI=1S/C15H19BrN4OS/c1-9(13(21)18-15(2,3)4)22-14-17-12(19-20-14)10-7-5-6-8-11(10)16/h5-9H,1-4H3,(H,18,21)(H,17,19,20)/t9-/m1/s1. The van der Waals surface area contributed by atoms with Gasteiger partial charge in [-0.2, -0.15) is 0 Å². The van der Waals surface area contributed by atoms with Crippen LogP contribution in [0, 0.1) is 0 Å². The molecule has 0 saturated heterocycles. The second-order valence-corrected chi connectivity index (χ2v) is 8.11. The third kappa shape index (κ3) is 4.58. The van der Waals surface area contributed by atoms with Crippen molar-refractivity contribution < 1.29 is 4.79 Å². The molecular formula is C15H19BrN4OS. The van der Waals surface area contributed by atoms with Crippen molar-refractivity contribution in [2.75, 3.05) is 0 Å². The monoisotopic (exact) mass is 382 g/mol. The summed E-state index contributed by atoms with van der Waals surface area (Å²) in [6.45, 7) is 7.72. The number of halogens is 1. The van der Waals surface area contributed by atoms with E-state index in [1.807, 2.05) is 52.0 Å². The van der Waals surface area contributed by atoms with Crippen LogP contribution in [0.25, 0.3) is 11.4 Å². The quantitative estimate of drug-likeness (QED) is 0.791. The SMILES string of the molecule is C[C@@H](Sc1n[nH]c(-c2ccccc2Br)n1)C(=O)NC(C)(C)C. The lowest BCUT2D eigenvalue weighted by Crippen LogP contribution is -2.44. The summed E-state index contributed by atoms with van der Waals surface area (Å²) in [6, 6.07) is 7.78. The van der Waals surface area contributed by atoms with Crippen molar-refractivity contribution in [1.82, 2.24) is 20.5 Å². The lowest BCUT2D eigenvalue weighted by molar-refractivity contribution is -0.121. The molecule has 2 rings (SSSR count). The highest BCUT2D eigenvalue weighted by atomic mass is 79.9. The Bertz CT molecular complexity index is 666. The topological polar surface area (TPSA) is 70.7 Å². The van der Waals surface area contributed by atoms with Crippen LogP contribution >= 0.6 is 27.7 Å². The number of nitrogens with zero attached hydrogens (tertiary/aromatic N) is 2. The van der Waals surface area contributed by atoms with E-state index < -0.39 is 0 Å². The lowest BCUT2D eigenvalue weighted by atomic mass is 10.1. The first-order valence-corrected chi connectivity index (χ1v) is 8.59. The smallest absolute Gasteiger partial charge is 0.233 e. The third-order valence-corrected chi connectivity index (χ3v) is 4.40. The van der Waals surface area contributed by atoms with Crippen molar-refractivity contribution >= 4 is 33.6 Å². The van der Waals surface area contributed by atoms with E-state index in [9.17, 15) is 4.79 Å². The second-order valence-electron chi connectivity index (χ2n) is 5.95. The number of aromatic nitrogens is 3. The van der Waals surface area contributed by atoms with Gasteiger partial charge in [0.05, 0.1) is 5.25 Å². The molecule has 1 heterocycles. The van der Waals surface area contributed by atoms with Gasteiger partial charge in [0.25, 0.3) is 0 Å². The van der Waals surface area contributed by atoms with E-state index >= 15 is 0 Å². The number of amides is 1. The summed E-state index contributed by atoms with van der Waals surface area (Å²) in [6.07, 6.45) is 0. The zero-order chi connectivity index (χ0) is 16.3. The molecule has 0 aliphatic rings. The van der Waals surface area contributed by atoms with E-state index in [0.29, 0.717) is 11.0 Å². The Hall–Kier alpha value is -1.34. The van der Waals surface area contributed by atoms with Gasteiger partial charge in [0.1, 0.15) is 0 Å². The molecule has 0 saturated carbocycles. The maximum Gasteiger partial charge on any atom is 0.233 e. The highest BCUT2D eigenvalue weighted by Gasteiger charge is 2.21. The van der Waals surface area contributed by atoms with Crippen LogP contribution in [0.1, 0.15) is 27.7 Å². The minimum Gasteiger partial charge on any atom is -0.351 e. The molecule has 1 aromatic heterocycles. The van der Waals surface area contributed by atoms with Crippen LogP contribution in [0.2, 0.25) is 0 Å². The predicted molar refractivity (Wildman–Crippen MR) is 92.7 cm³/mol. The number of carbonyl (C=O) groups excluding carboxylic acids is 1. The van der Waals surface area contributed by atoms with Crippen LogP contribution in [0.3, 0.4) is 0 Å². The minimum atomic E-state index is -0.262. The molecule has 0 fully saturated rings. The highest BCUT2D eigenvalue weighted by Crippen LogP contribution is 2.27. The van der Waals surface area contributed by atoms with E-state index in [2.05, 4.69) is 36.4 Å². The third-order valence-electron chi connectivity index (χ3n) is 2.74. The summed E-state index contributed by atoms with van der Waals surface area (Å²) < 4.78 is 0.946. The Kier molecular flexibility index (Phi) is 5.28. The summed E-state index contributed by atoms with van der Waals surface area (Å²) in [5.74, 6) is 0.656. The van der Waals surface area contributed by atoms with Crippen LogP contribution < -0.4 is 5.32 Å². The zero-order valence-corrected chi connectivity index (χ0v) is 15.4. The fourth-order valence-electron chi connectivity index (χ4n) is 1.76. The van der Waals surface area contributed by atoms with Gasteiger partial charge in [-0.1, -0.05) is 45.9 Å². The molecule has 22 heavy (non-hydrogen) atoms. The molecule has 1 aromatic carbocycles. The van der Waals surface area contributed by atoms with E-state index in [1.165, 1.54) is 11.8 Å². The van der Waals surface area contributed by atoms with Gasteiger partial charge in [-0.15, -0.1) is 5.10 Å². The van der Waals surface area contributed by atoms with Crippen molar-refractivity contribution in [3.63, 3.8) is 0 Å². The van der Waals surface area contributed by atoms with Crippen LogP contribution in [-0.4, -0.2) is 31.9 Å². The van der Waals surface area contributed by atoms with Gasteiger partial charge >= 0.3 is 0 Å². The van der Waals surface area contributed by atoms with Crippen molar-refractivity contribution in [1.29, 1.82) is 0 Å². The Morgan fingerprint density at radius 2 is 2.05 bits per heavy atom. The number of thioether (sulfide) groups is 1. The average molecular weight is 383 g/mol. The van der Waals surface area contributed by atoms with Gasteiger partial charge in [0, 0.05) is 15.6 Å². The minimum absolute atomic E-state index is 0.0234. The molecule has 0 bridgehead atoms. The molecule has 2 aromatic rings. The Morgan fingerprint density at radius 3 is 2.68 bits per heavy atom. The number of hydrogen-bond donors (Lipinski definition) is 2. The summed E-state index contributed by atoms with van der Waals surface area (Å²) in [5, 5.41) is 10.3. The largest absolute Gasteiger partial charge is 0.351 e. The number of rotatable bonds is 4. The van der Waals surface area contributed by atoms with Gasteiger partial charge in [-0.05, 0) is 33.8 Å². The fraction of sp³-hybridized carbons (Fsp3) is 0.400. The van der Waals surface area contributed by atoms with Crippen LogP contribution in [0.4, 0.5) is 0 Å². The number of hydrogen-bond acceptors (Lipinski definition) is 4. The summed E-state index contributed by atoms with van der Waals surface area (Å²) in [4.78, 5) is 16.5. The zero-order valence-electron chi connectivity index (χ0n) is 13.0.